The van der Waals surface area contributed by atoms with Gasteiger partial charge in [0, 0.05) is 11.4 Å². The van der Waals surface area contributed by atoms with E-state index in [1.807, 2.05) is 0 Å². The van der Waals surface area contributed by atoms with Crippen molar-refractivity contribution in [3.8, 4) is 0 Å². The van der Waals surface area contributed by atoms with Gasteiger partial charge in [0.15, 0.2) is 0 Å². The number of rotatable bonds is 6. The number of nitrogens with one attached hydrogen (secondary N) is 2. The Hall–Kier alpha value is -3.92. The van der Waals surface area contributed by atoms with E-state index in [1.54, 1.807) is 24.3 Å². The van der Waals surface area contributed by atoms with Gasteiger partial charge in [-0.05, 0) is 43.2 Å². The summed E-state index contributed by atoms with van der Waals surface area (Å²) in [6.07, 6.45) is 3.70. The first-order valence-corrected chi connectivity index (χ1v) is 11.9. The molecule has 9 nitrogen and oxygen atoms in total. The first-order valence-electron chi connectivity index (χ1n) is 11.5. The molecular weight excluding hydrogens is 491 g/mol. The predicted molar refractivity (Wildman–Crippen MR) is 133 cm³/mol. The summed E-state index contributed by atoms with van der Waals surface area (Å²) < 4.78 is 21.2. The number of benzene rings is 2. The van der Waals surface area contributed by atoms with Crippen LogP contribution in [0.4, 0.5) is 10.1 Å². The Morgan fingerprint density at radius 2 is 1.75 bits per heavy atom. The molecule has 2 aromatic heterocycles. The number of aromatic nitrogens is 2. The Kier molecular flexibility index (Phi) is 6.36. The van der Waals surface area contributed by atoms with Gasteiger partial charge in [-0.25, -0.2) is 13.8 Å². The summed E-state index contributed by atoms with van der Waals surface area (Å²) in [5.74, 6) is -1.76. The molecule has 1 saturated carbocycles. The summed E-state index contributed by atoms with van der Waals surface area (Å²) in [7, 11) is 0. The number of anilines is 1. The molecule has 186 valence electrons. The lowest BCUT2D eigenvalue weighted by molar-refractivity contribution is -0.122. The van der Waals surface area contributed by atoms with Crippen LogP contribution in [0.2, 0.25) is 5.02 Å². The minimum atomic E-state index is -0.846. The molecule has 2 heterocycles. The number of para-hydroxylation sites is 1. The minimum Gasteiger partial charge on any atom is -0.449 e. The molecule has 0 aliphatic heterocycles. The molecule has 2 N–H and O–H groups in total. The van der Waals surface area contributed by atoms with E-state index in [-0.39, 0.29) is 27.9 Å². The van der Waals surface area contributed by atoms with Crippen molar-refractivity contribution in [1.82, 2.24) is 14.5 Å². The zero-order valence-corrected chi connectivity index (χ0v) is 19.8. The summed E-state index contributed by atoms with van der Waals surface area (Å²) in [6, 6.07) is 10.2. The third-order valence-corrected chi connectivity index (χ3v) is 6.60. The van der Waals surface area contributed by atoms with E-state index in [0.717, 1.165) is 47.0 Å². The Morgan fingerprint density at radius 3 is 2.53 bits per heavy atom. The van der Waals surface area contributed by atoms with Crippen molar-refractivity contribution in [3.05, 3.63) is 74.1 Å². The minimum absolute atomic E-state index is 0.00662. The lowest BCUT2D eigenvalue weighted by Crippen LogP contribution is -2.46. The van der Waals surface area contributed by atoms with Crippen LogP contribution in [-0.4, -0.2) is 27.0 Å². The van der Waals surface area contributed by atoms with Crippen LogP contribution in [0.3, 0.4) is 0 Å². The lowest BCUT2D eigenvalue weighted by Gasteiger charge is -2.14. The van der Waals surface area contributed by atoms with Gasteiger partial charge in [0.1, 0.15) is 30.0 Å². The zero-order valence-electron chi connectivity index (χ0n) is 19.1. The Bertz CT molecular complexity index is 1620. The smallest absolute Gasteiger partial charge is 0.332 e. The standard InChI is InChI=1S/C25H22ClFN4O5/c26-17-10-9-14(27)11-18(17)29-21(33)12-30-22-16-7-3-4-8-19(16)36-23(22)24(34)31(25(30)35)13-20(32)28-15-5-1-2-6-15/h3-4,7-11,15H,1-2,5-6,12-13H2,(H,28,32)(H,29,33). The van der Waals surface area contributed by atoms with Crippen molar-refractivity contribution in [2.24, 2.45) is 0 Å². The maximum absolute atomic E-state index is 13.6. The van der Waals surface area contributed by atoms with E-state index in [1.165, 1.54) is 6.07 Å². The summed E-state index contributed by atoms with van der Waals surface area (Å²) >= 11 is 6.05. The fraction of sp³-hybridized carbons (Fsp3) is 0.280. The largest absolute Gasteiger partial charge is 0.449 e. The maximum Gasteiger partial charge on any atom is 0.332 e. The van der Waals surface area contributed by atoms with Crippen molar-refractivity contribution in [1.29, 1.82) is 0 Å². The van der Waals surface area contributed by atoms with E-state index in [0.29, 0.717) is 11.0 Å². The number of halogens is 2. The fourth-order valence-electron chi connectivity index (χ4n) is 4.60. The zero-order chi connectivity index (χ0) is 25.4. The van der Waals surface area contributed by atoms with Gasteiger partial charge in [-0.1, -0.05) is 36.6 Å². The average molecular weight is 513 g/mol. The molecule has 0 atom stereocenters. The second-order valence-electron chi connectivity index (χ2n) is 8.76. The third kappa shape index (κ3) is 4.51. The molecular formula is C25H22ClFN4O5. The number of carbonyl (C=O) groups is 2. The van der Waals surface area contributed by atoms with Gasteiger partial charge in [-0.2, -0.15) is 0 Å². The number of hydrogen-bond donors (Lipinski definition) is 2. The number of carbonyl (C=O) groups excluding carboxylic acids is 2. The molecule has 0 radical (unpaired) electrons. The molecule has 1 aliphatic rings. The number of amides is 2. The molecule has 0 unspecified atom stereocenters. The highest BCUT2D eigenvalue weighted by molar-refractivity contribution is 6.33. The van der Waals surface area contributed by atoms with Crippen molar-refractivity contribution < 1.29 is 18.4 Å². The highest BCUT2D eigenvalue weighted by Gasteiger charge is 2.24. The second-order valence-corrected chi connectivity index (χ2v) is 9.16. The van der Waals surface area contributed by atoms with Crippen LogP contribution in [0.25, 0.3) is 22.1 Å². The van der Waals surface area contributed by atoms with Crippen LogP contribution >= 0.6 is 11.6 Å². The van der Waals surface area contributed by atoms with Crippen LogP contribution in [0.5, 0.6) is 0 Å². The number of furan rings is 1. The number of fused-ring (bicyclic) bond motifs is 3. The summed E-state index contributed by atoms with van der Waals surface area (Å²) in [5, 5.41) is 5.92. The number of hydrogen-bond acceptors (Lipinski definition) is 5. The van der Waals surface area contributed by atoms with Crippen LogP contribution in [-0.2, 0) is 22.7 Å². The molecule has 4 aromatic rings. The van der Waals surface area contributed by atoms with E-state index < -0.39 is 42.0 Å². The quantitative estimate of drug-likeness (QED) is 0.411. The maximum atomic E-state index is 13.6. The van der Waals surface area contributed by atoms with Gasteiger partial charge in [-0.3, -0.25) is 19.0 Å². The van der Waals surface area contributed by atoms with Crippen LogP contribution in [0.15, 0.2) is 56.5 Å². The van der Waals surface area contributed by atoms with Gasteiger partial charge in [0.25, 0.3) is 5.56 Å². The normalized spacial score (nSPS) is 13.9. The van der Waals surface area contributed by atoms with E-state index in [2.05, 4.69) is 10.6 Å². The third-order valence-electron chi connectivity index (χ3n) is 6.27. The van der Waals surface area contributed by atoms with E-state index in [9.17, 15) is 23.6 Å². The predicted octanol–water partition coefficient (Wildman–Crippen LogP) is 3.40. The van der Waals surface area contributed by atoms with Crippen molar-refractivity contribution in [3.63, 3.8) is 0 Å². The first kappa shape index (κ1) is 23.8. The lowest BCUT2D eigenvalue weighted by atomic mass is 10.2. The summed E-state index contributed by atoms with van der Waals surface area (Å²) in [5.41, 5.74) is -1.25. The molecule has 0 bridgehead atoms. The van der Waals surface area contributed by atoms with Gasteiger partial charge < -0.3 is 15.1 Å². The number of nitrogens with zero attached hydrogens (tertiary/aromatic N) is 2. The Labute approximate surface area is 208 Å². The topological polar surface area (TPSA) is 115 Å². The van der Waals surface area contributed by atoms with Crippen molar-refractivity contribution >= 4 is 51.2 Å². The molecule has 1 aliphatic carbocycles. The Balaban J connectivity index is 1.56. The SMILES string of the molecule is O=C(Cn1c(=O)n(CC(=O)NC2CCCC2)c(=O)c2oc3ccccc3c21)Nc1cc(F)ccc1Cl. The highest BCUT2D eigenvalue weighted by atomic mass is 35.5. The van der Waals surface area contributed by atoms with E-state index >= 15 is 0 Å². The molecule has 11 heteroatoms. The van der Waals surface area contributed by atoms with Gasteiger partial charge in [0.05, 0.1) is 10.7 Å². The molecule has 0 saturated heterocycles. The van der Waals surface area contributed by atoms with Gasteiger partial charge in [-0.15, -0.1) is 0 Å². The van der Waals surface area contributed by atoms with Gasteiger partial charge >= 0.3 is 5.69 Å². The second kappa shape index (κ2) is 9.62. The molecule has 36 heavy (non-hydrogen) atoms. The van der Waals surface area contributed by atoms with E-state index in [4.69, 9.17) is 16.0 Å². The van der Waals surface area contributed by atoms with Crippen LogP contribution in [0, 0.1) is 5.82 Å². The molecule has 2 aromatic carbocycles. The average Bonchev–Trinajstić information content (AvgIpc) is 3.50. The van der Waals surface area contributed by atoms with Crippen LogP contribution in [0.1, 0.15) is 25.7 Å². The molecule has 2 amide bonds. The van der Waals surface area contributed by atoms with Crippen molar-refractivity contribution in [2.45, 2.75) is 44.8 Å². The monoisotopic (exact) mass is 512 g/mol. The fourth-order valence-corrected chi connectivity index (χ4v) is 4.76. The molecule has 5 rings (SSSR count). The highest BCUT2D eigenvalue weighted by Crippen LogP contribution is 2.26. The summed E-state index contributed by atoms with van der Waals surface area (Å²) in [4.78, 5) is 52.2. The first-order chi connectivity index (χ1) is 17.3. The van der Waals surface area contributed by atoms with Gasteiger partial charge in [0.2, 0.25) is 17.4 Å². The Morgan fingerprint density at radius 1 is 1.03 bits per heavy atom. The molecule has 0 spiro atoms. The summed E-state index contributed by atoms with van der Waals surface area (Å²) in [6.45, 7) is -1.05. The van der Waals surface area contributed by atoms with Crippen LogP contribution < -0.4 is 21.9 Å². The van der Waals surface area contributed by atoms with Crippen molar-refractivity contribution in [2.75, 3.05) is 5.32 Å². The molecule has 1 fully saturated rings.